The Morgan fingerprint density at radius 1 is 1.50 bits per heavy atom. The molecule has 1 aliphatic heterocycles. The Balaban J connectivity index is 1.69. The third-order valence-electron chi connectivity index (χ3n) is 3.97. The number of hydrogen-bond acceptors (Lipinski definition) is 4. The zero-order chi connectivity index (χ0) is 15.5. The Bertz CT molecular complexity index is 760. The summed E-state index contributed by atoms with van der Waals surface area (Å²) in [5.41, 5.74) is 0.614. The van der Waals surface area contributed by atoms with Crippen molar-refractivity contribution in [2.45, 2.75) is 25.3 Å². The maximum atomic E-state index is 13.7. The van der Waals surface area contributed by atoms with Crippen molar-refractivity contribution >= 4 is 0 Å². The first-order valence-corrected chi connectivity index (χ1v) is 7.21. The fourth-order valence-corrected chi connectivity index (χ4v) is 2.90. The van der Waals surface area contributed by atoms with E-state index in [1.165, 1.54) is 12.1 Å². The number of H-pyrrole nitrogens is 2. The Labute approximate surface area is 126 Å². The van der Waals surface area contributed by atoms with Crippen molar-refractivity contribution < 1.29 is 4.39 Å². The van der Waals surface area contributed by atoms with Gasteiger partial charge in [0, 0.05) is 19.0 Å². The van der Waals surface area contributed by atoms with E-state index < -0.39 is 5.82 Å². The number of aromatic amines is 2. The van der Waals surface area contributed by atoms with Crippen LogP contribution in [0.4, 0.5) is 4.39 Å². The summed E-state index contributed by atoms with van der Waals surface area (Å²) in [6, 6.07) is 6.53. The van der Waals surface area contributed by atoms with Gasteiger partial charge in [-0.3, -0.25) is 9.88 Å². The van der Waals surface area contributed by atoms with Crippen LogP contribution in [0.15, 0.2) is 23.0 Å². The molecule has 0 spiro atoms. The molecule has 1 aromatic carbocycles. The van der Waals surface area contributed by atoms with Gasteiger partial charge in [-0.25, -0.2) is 14.3 Å². The van der Waals surface area contributed by atoms with Gasteiger partial charge in [-0.05, 0) is 37.1 Å². The van der Waals surface area contributed by atoms with Crippen LogP contribution in [0, 0.1) is 17.1 Å². The van der Waals surface area contributed by atoms with E-state index in [0.717, 1.165) is 31.5 Å². The minimum Gasteiger partial charge on any atom is -0.298 e. The van der Waals surface area contributed by atoms with Crippen molar-refractivity contribution in [3.8, 4) is 6.07 Å². The van der Waals surface area contributed by atoms with E-state index in [1.807, 2.05) is 6.07 Å². The van der Waals surface area contributed by atoms with Gasteiger partial charge < -0.3 is 0 Å². The lowest BCUT2D eigenvalue weighted by Crippen LogP contribution is -2.34. The SMILES string of the molecule is N#Cc1ccc(CN2CCCC(c3n[nH]c(=O)[nH]3)C2)cc1F. The Morgan fingerprint density at radius 2 is 2.36 bits per heavy atom. The molecular weight excluding hydrogens is 285 g/mol. The molecule has 0 radical (unpaired) electrons. The molecule has 2 aromatic rings. The van der Waals surface area contributed by atoms with Gasteiger partial charge in [0.15, 0.2) is 0 Å². The van der Waals surface area contributed by atoms with Crippen LogP contribution in [-0.4, -0.2) is 33.2 Å². The number of likely N-dealkylation sites (tertiary alicyclic amines) is 1. The van der Waals surface area contributed by atoms with Gasteiger partial charge in [0.1, 0.15) is 17.7 Å². The third kappa shape index (κ3) is 3.07. The highest BCUT2D eigenvalue weighted by Gasteiger charge is 2.23. The van der Waals surface area contributed by atoms with E-state index in [1.54, 1.807) is 6.07 Å². The van der Waals surface area contributed by atoms with Gasteiger partial charge in [-0.15, -0.1) is 0 Å². The maximum absolute atomic E-state index is 13.7. The average Bonchev–Trinajstić information content (AvgIpc) is 2.94. The first-order valence-electron chi connectivity index (χ1n) is 7.21. The molecule has 1 saturated heterocycles. The number of piperidine rings is 1. The fraction of sp³-hybridized carbons (Fsp3) is 0.400. The Kier molecular flexibility index (Phi) is 4.02. The molecule has 0 amide bonds. The van der Waals surface area contributed by atoms with Crippen LogP contribution in [0.3, 0.4) is 0 Å². The van der Waals surface area contributed by atoms with Crippen molar-refractivity contribution in [1.82, 2.24) is 20.1 Å². The summed E-state index contributed by atoms with van der Waals surface area (Å²) in [5, 5.41) is 15.1. The highest BCUT2D eigenvalue weighted by molar-refractivity contribution is 5.33. The van der Waals surface area contributed by atoms with Crippen LogP contribution in [0.5, 0.6) is 0 Å². The third-order valence-corrected chi connectivity index (χ3v) is 3.97. The number of hydrogen-bond donors (Lipinski definition) is 2. The Morgan fingerprint density at radius 3 is 3.05 bits per heavy atom. The normalized spacial score (nSPS) is 19.0. The second kappa shape index (κ2) is 6.12. The average molecular weight is 301 g/mol. The van der Waals surface area contributed by atoms with E-state index in [9.17, 15) is 9.18 Å². The minimum atomic E-state index is -0.481. The molecule has 1 aromatic heterocycles. The number of nitrogens with one attached hydrogen (secondary N) is 2. The van der Waals surface area contributed by atoms with E-state index in [2.05, 4.69) is 20.1 Å². The summed E-state index contributed by atoms with van der Waals surface area (Å²) in [7, 11) is 0. The second-order valence-corrected chi connectivity index (χ2v) is 5.56. The summed E-state index contributed by atoms with van der Waals surface area (Å²) >= 11 is 0. The molecule has 0 bridgehead atoms. The van der Waals surface area contributed by atoms with Crippen LogP contribution in [0.25, 0.3) is 0 Å². The predicted molar refractivity (Wildman–Crippen MR) is 77.6 cm³/mol. The fourth-order valence-electron chi connectivity index (χ4n) is 2.90. The van der Waals surface area contributed by atoms with Crippen LogP contribution < -0.4 is 5.69 Å². The molecule has 1 aliphatic rings. The largest absolute Gasteiger partial charge is 0.340 e. The van der Waals surface area contributed by atoms with Gasteiger partial charge in [-0.1, -0.05) is 6.07 Å². The monoisotopic (exact) mass is 301 g/mol. The van der Waals surface area contributed by atoms with Crippen molar-refractivity contribution in [2.75, 3.05) is 13.1 Å². The zero-order valence-electron chi connectivity index (χ0n) is 12.0. The first kappa shape index (κ1) is 14.5. The quantitative estimate of drug-likeness (QED) is 0.899. The van der Waals surface area contributed by atoms with Crippen LogP contribution in [-0.2, 0) is 6.54 Å². The number of rotatable bonds is 3. The lowest BCUT2D eigenvalue weighted by molar-refractivity contribution is 0.196. The van der Waals surface area contributed by atoms with E-state index in [0.29, 0.717) is 12.4 Å². The molecule has 1 atom stereocenters. The topological polar surface area (TPSA) is 88.6 Å². The summed E-state index contributed by atoms with van der Waals surface area (Å²) < 4.78 is 13.7. The highest BCUT2D eigenvalue weighted by Crippen LogP contribution is 2.25. The lowest BCUT2D eigenvalue weighted by atomic mass is 9.97. The highest BCUT2D eigenvalue weighted by atomic mass is 19.1. The standard InChI is InChI=1S/C15H16FN5O/c16-13-6-10(3-4-11(13)7-17)8-21-5-1-2-12(9-21)14-18-15(22)20-19-14/h3-4,6,12H,1-2,5,8-9H2,(H2,18,19,20,22). The Hall–Kier alpha value is -2.46. The summed E-state index contributed by atoms with van der Waals surface area (Å²) in [5.74, 6) is 0.377. The van der Waals surface area contributed by atoms with E-state index in [-0.39, 0.29) is 17.2 Å². The molecule has 22 heavy (non-hydrogen) atoms. The van der Waals surface area contributed by atoms with Crippen LogP contribution >= 0.6 is 0 Å². The van der Waals surface area contributed by atoms with Crippen molar-refractivity contribution in [3.63, 3.8) is 0 Å². The molecule has 3 rings (SSSR count). The molecule has 0 saturated carbocycles. The van der Waals surface area contributed by atoms with Crippen LogP contribution in [0.1, 0.15) is 35.7 Å². The van der Waals surface area contributed by atoms with Crippen molar-refractivity contribution in [3.05, 3.63) is 51.5 Å². The number of halogens is 1. The second-order valence-electron chi connectivity index (χ2n) is 5.56. The molecule has 1 fully saturated rings. The van der Waals surface area contributed by atoms with E-state index in [4.69, 9.17) is 5.26 Å². The number of nitriles is 1. The van der Waals surface area contributed by atoms with Gasteiger partial charge >= 0.3 is 5.69 Å². The first-order chi connectivity index (χ1) is 10.7. The molecule has 114 valence electrons. The van der Waals surface area contributed by atoms with Crippen LogP contribution in [0.2, 0.25) is 0 Å². The number of benzene rings is 1. The molecule has 2 heterocycles. The molecule has 7 heteroatoms. The molecular formula is C15H16FN5O. The number of aromatic nitrogens is 3. The van der Waals surface area contributed by atoms with E-state index >= 15 is 0 Å². The predicted octanol–water partition coefficient (Wildman–Crippen LogP) is 1.49. The summed E-state index contributed by atoms with van der Waals surface area (Å²) in [6.45, 7) is 2.31. The zero-order valence-corrected chi connectivity index (χ0v) is 12.0. The molecule has 6 nitrogen and oxygen atoms in total. The van der Waals surface area contributed by atoms with Crippen molar-refractivity contribution in [1.29, 1.82) is 5.26 Å². The van der Waals surface area contributed by atoms with Gasteiger partial charge in [0.2, 0.25) is 0 Å². The number of nitrogens with zero attached hydrogens (tertiary/aromatic N) is 3. The molecule has 2 N–H and O–H groups in total. The smallest absolute Gasteiger partial charge is 0.298 e. The maximum Gasteiger partial charge on any atom is 0.340 e. The minimum absolute atomic E-state index is 0.0642. The van der Waals surface area contributed by atoms with Gasteiger partial charge in [0.05, 0.1) is 5.56 Å². The summed E-state index contributed by atoms with van der Waals surface area (Å²) in [4.78, 5) is 16.1. The molecule has 0 aliphatic carbocycles. The summed E-state index contributed by atoms with van der Waals surface area (Å²) in [6.07, 6.45) is 1.97. The van der Waals surface area contributed by atoms with Gasteiger partial charge in [0.25, 0.3) is 0 Å². The molecule has 1 unspecified atom stereocenters. The van der Waals surface area contributed by atoms with Gasteiger partial charge in [-0.2, -0.15) is 10.4 Å². The van der Waals surface area contributed by atoms with Crippen molar-refractivity contribution in [2.24, 2.45) is 0 Å². The lowest BCUT2D eigenvalue weighted by Gasteiger charge is -2.31.